The van der Waals surface area contributed by atoms with Gasteiger partial charge < -0.3 is 10.4 Å². The van der Waals surface area contributed by atoms with Gasteiger partial charge in [0.2, 0.25) is 0 Å². The third-order valence-electron chi connectivity index (χ3n) is 3.55. The lowest BCUT2D eigenvalue weighted by Crippen LogP contribution is -1.97. The fourth-order valence-corrected chi connectivity index (χ4v) is 3.32. The summed E-state index contributed by atoms with van der Waals surface area (Å²) in [6.45, 7) is 3.90. The van der Waals surface area contributed by atoms with Gasteiger partial charge in [-0.15, -0.1) is 11.3 Å². The summed E-state index contributed by atoms with van der Waals surface area (Å²) in [5.74, 6) is -0.297. The van der Waals surface area contributed by atoms with E-state index in [0.29, 0.717) is 21.1 Å². The van der Waals surface area contributed by atoms with Crippen LogP contribution in [0, 0.1) is 6.92 Å². The van der Waals surface area contributed by atoms with Crippen molar-refractivity contribution in [1.29, 1.82) is 0 Å². The lowest BCUT2D eigenvalue weighted by atomic mass is 10.1. The summed E-state index contributed by atoms with van der Waals surface area (Å²) in [6.07, 6.45) is 2.44. The van der Waals surface area contributed by atoms with Crippen LogP contribution in [0.2, 0.25) is 0 Å². The highest BCUT2D eigenvalue weighted by Crippen LogP contribution is 2.34. The molecule has 112 valence electrons. The highest BCUT2D eigenvalue weighted by molar-refractivity contribution is 7.20. The van der Waals surface area contributed by atoms with Crippen molar-refractivity contribution in [2.45, 2.75) is 20.3 Å². The number of nitrogens with zero attached hydrogens (tertiary/aromatic N) is 2. The number of thiophene rings is 1. The van der Waals surface area contributed by atoms with Gasteiger partial charge in [0, 0.05) is 5.69 Å². The van der Waals surface area contributed by atoms with Crippen LogP contribution in [0.1, 0.15) is 27.7 Å². The van der Waals surface area contributed by atoms with E-state index in [0.717, 1.165) is 17.5 Å². The van der Waals surface area contributed by atoms with Crippen LogP contribution < -0.4 is 5.32 Å². The number of rotatable bonds is 4. The topological polar surface area (TPSA) is 75.1 Å². The second kappa shape index (κ2) is 5.73. The van der Waals surface area contributed by atoms with Crippen LogP contribution in [0.4, 0.5) is 11.5 Å². The SMILES string of the molecule is CCc1ccc(Nc2ncnc3sc(C(=O)O)c(C)c23)cc1. The number of hydrogen-bond donors (Lipinski definition) is 2. The average molecular weight is 313 g/mol. The second-order valence-electron chi connectivity index (χ2n) is 4.94. The van der Waals surface area contributed by atoms with Gasteiger partial charge in [-0.2, -0.15) is 0 Å². The summed E-state index contributed by atoms with van der Waals surface area (Å²) < 4.78 is 0. The van der Waals surface area contributed by atoms with Crippen molar-refractivity contribution in [3.05, 3.63) is 46.6 Å². The predicted octanol–water partition coefficient (Wildman–Crippen LogP) is 4.00. The molecule has 2 N–H and O–H groups in total. The molecule has 0 amide bonds. The van der Waals surface area contributed by atoms with Gasteiger partial charge in [0.1, 0.15) is 21.9 Å². The molecule has 0 saturated carbocycles. The van der Waals surface area contributed by atoms with Gasteiger partial charge in [0.05, 0.1) is 5.39 Å². The van der Waals surface area contributed by atoms with Crippen molar-refractivity contribution in [3.8, 4) is 0 Å². The van der Waals surface area contributed by atoms with Crippen molar-refractivity contribution >= 4 is 39.0 Å². The average Bonchev–Trinajstić information content (AvgIpc) is 2.86. The molecule has 0 atom stereocenters. The van der Waals surface area contributed by atoms with Crippen LogP contribution >= 0.6 is 11.3 Å². The summed E-state index contributed by atoms with van der Waals surface area (Å²) in [6, 6.07) is 8.10. The molecule has 0 fully saturated rings. The molecule has 2 heterocycles. The normalized spacial score (nSPS) is 10.8. The maximum Gasteiger partial charge on any atom is 0.346 e. The smallest absolute Gasteiger partial charge is 0.346 e. The molecule has 3 rings (SSSR count). The Labute approximate surface area is 131 Å². The number of carboxylic acids is 1. The Morgan fingerprint density at radius 3 is 2.64 bits per heavy atom. The molecule has 0 saturated heterocycles. The molecule has 0 spiro atoms. The molecule has 3 aromatic rings. The minimum Gasteiger partial charge on any atom is -0.477 e. The number of anilines is 2. The van der Waals surface area contributed by atoms with Gasteiger partial charge in [-0.25, -0.2) is 14.8 Å². The zero-order chi connectivity index (χ0) is 15.7. The molecule has 0 aliphatic carbocycles. The van der Waals surface area contributed by atoms with E-state index in [4.69, 9.17) is 0 Å². The largest absolute Gasteiger partial charge is 0.477 e. The van der Waals surface area contributed by atoms with Crippen LogP contribution in [0.3, 0.4) is 0 Å². The quantitative estimate of drug-likeness (QED) is 0.761. The first-order valence-corrected chi connectivity index (χ1v) is 7.75. The highest BCUT2D eigenvalue weighted by atomic mass is 32.1. The summed E-state index contributed by atoms with van der Waals surface area (Å²) in [5, 5.41) is 13.3. The van der Waals surface area contributed by atoms with Gasteiger partial charge in [-0.3, -0.25) is 0 Å². The number of fused-ring (bicyclic) bond motifs is 1. The fraction of sp³-hybridized carbons (Fsp3) is 0.188. The predicted molar refractivity (Wildman–Crippen MR) is 88.2 cm³/mol. The lowest BCUT2D eigenvalue weighted by Gasteiger charge is -2.08. The van der Waals surface area contributed by atoms with Crippen molar-refractivity contribution in [3.63, 3.8) is 0 Å². The van der Waals surface area contributed by atoms with Crippen molar-refractivity contribution in [1.82, 2.24) is 9.97 Å². The number of hydrogen-bond acceptors (Lipinski definition) is 5. The number of carbonyl (C=O) groups is 1. The van der Waals surface area contributed by atoms with Gasteiger partial charge in [-0.05, 0) is 36.6 Å². The van der Waals surface area contributed by atoms with E-state index < -0.39 is 5.97 Å². The second-order valence-corrected chi connectivity index (χ2v) is 5.94. The number of nitrogens with one attached hydrogen (secondary N) is 1. The summed E-state index contributed by atoms with van der Waals surface area (Å²) in [5.41, 5.74) is 2.87. The first-order chi connectivity index (χ1) is 10.6. The molecule has 0 aliphatic heterocycles. The first kappa shape index (κ1) is 14.5. The van der Waals surface area contributed by atoms with E-state index >= 15 is 0 Å². The van der Waals surface area contributed by atoms with E-state index in [2.05, 4.69) is 34.3 Å². The molecular weight excluding hydrogens is 298 g/mol. The molecule has 1 aromatic carbocycles. The highest BCUT2D eigenvalue weighted by Gasteiger charge is 2.18. The van der Waals surface area contributed by atoms with Gasteiger partial charge in [0.15, 0.2) is 0 Å². The van der Waals surface area contributed by atoms with E-state index in [9.17, 15) is 9.90 Å². The zero-order valence-electron chi connectivity index (χ0n) is 12.3. The molecule has 5 nitrogen and oxygen atoms in total. The number of benzene rings is 1. The van der Waals surface area contributed by atoms with Crippen molar-refractivity contribution in [2.24, 2.45) is 0 Å². The monoisotopic (exact) mass is 313 g/mol. The standard InChI is InChI=1S/C16H15N3O2S/c1-3-10-4-6-11(7-5-10)19-14-12-9(2)13(16(20)21)22-15(12)18-8-17-14/h4-8H,3H2,1-2H3,(H,20,21)(H,17,18,19). The van der Waals surface area contributed by atoms with Gasteiger partial charge in [-0.1, -0.05) is 19.1 Å². The number of aromatic carboxylic acids is 1. The first-order valence-electron chi connectivity index (χ1n) is 6.93. The lowest BCUT2D eigenvalue weighted by molar-refractivity contribution is 0.0701. The molecule has 0 bridgehead atoms. The molecule has 0 aliphatic rings. The molecule has 0 unspecified atom stereocenters. The number of aryl methyl sites for hydroxylation is 2. The molecule has 2 aromatic heterocycles. The molecule has 22 heavy (non-hydrogen) atoms. The minimum atomic E-state index is -0.932. The maximum atomic E-state index is 11.3. The Hall–Kier alpha value is -2.47. The number of carboxylic acid groups (broad SMARTS) is 1. The van der Waals surface area contributed by atoms with Gasteiger partial charge >= 0.3 is 5.97 Å². The molecular formula is C16H15N3O2S. The third kappa shape index (κ3) is 2.53. The Morgan fingerprint density at radius 2 is 2.00 bits per heavy atom. The van der Waals surface area contributed by atoms with Gasteiger partial charge in [0.25, 0.3) is 0 Å². The van der Waals surface area contributed by atoms with Crippen molar-refractivity contribution in [2.75, 3.05) is 5.32 Å². The Bertz CT molecular complexity index is 840. The fourth-order valence-electron chi connectivity index (χ4n) is 2.33. The van der Waals surface area contributed by atoms with E-state index in [1.807, 2.05) is 12.1 Å². The summed E-state index contributed by atoms with van der Waals surface area (Å²) in [7, 11) is 0. The summed E-state index contributed by atoms with van der Waals surface area (Å²) in [4.78, 5) is 20.7. The Morgan fingerprint density at radius 1 is 1.27 bits per heavy atom. The summed E-state index contributed by atoms with van der Waals surface area (Å²) >= 11 is 1.17. The maximum absolute atomic E-state index is 11.3. The molecule has 6 heteroatoms. The Kier molecular flexibility index (Phi) is 3.77. The van der Waals surface area contributed by atoms with E-state index in [1.54, 1.807) is 6.92 Å². The third-order valence-corrected chi connectivity index (χ3v) is 4.73. The van der Waals surface area contributed by atoms with Crippen LogP contribution in [0.25, 0.3) is 10.2 Å². The van der Waals surface area contributed by atoms with E-state index in [-0.39, 0.29) is 0 Å². The minimum absolute atomic E-state index is 0.305. The van der Waals surface area contributed by atoms with E-state index in [1.165, 1.54) is 23.2 Å². The Balaban J connectivity index is 2.04. The zero-order valence-corrected chi connectivity index (χ0v) is 13.1. The van der Waals surface area contributed by atoms with Crippen LogP contribution in [0.5, 0.6) is 0 Å². The molecule has 0 radical (unpaired) electrons. The van der Waals surface area contributed by atoms with Crippen molar-refractivity contribution < 1.29 is 9.90 Å². The van der Waals surface area contributed by atoms with Crippen LogP contribution in [-0.4, -0.2) is 21.0 Å². The number of aromatic nitrogens is 2. The van der Waals surface area contributed by atoms with Crippen LogP contribution in [-0.2, 0) is 6.42 Å². The van der Waals surface area contributed by atoms with Crippen LogP contribution in [0.15, 0.2) is 30.6 Å².